The van der Waals surface area contributed by atoms with Crippen LogP contribution in [0.5, 0.6) is 5.75 Å². The third-order valence-electron chi connectivity index (χ3n) is 6.20. The van der Waals surface area contributed by atoms with E-state index in [4.69, 9.17) is 4.74 Å². The van der Waals surface area contributed by atoms with E-state index in [1.807, 2.05) is 30.3 Å². The Morgan fingerprint density at radius 3 is 2.53 bits per heavy atom. The third kappa shape index (κ3) is 3.44. The number of hydrogen-bond acceptors (Lipinski definition) is 6. The molecule has 166 valence electrons. The van der Waals surface area contributed by atoms with Crippen LogP contribution in [0.15, 0.2) is 41.2 Å². The summed E-state index contributed by atoms with van der Waals surface area (Å²) >= 11 is 0. The van der Waals surface area contributed by atoms with E-state index in [0.29, 0.717) is 35.8 Å². The third-order valence-corrected chi connectivity index (χ3v) is 6.20. The van der Waals surface area contributed by atoms with Gasteiger partial charge in [0.15, 0.2) is 5.82 Å². The van der Waals surface area contributed by atoms with Crippen LogP contribution >= 0.6 is 0 Å². The van der Waals surface area contributed by atoms with Gasteiger partial charge in [0, 0.05) is 35.9 Å². The van der Waals surface area contributed by atoms with E-state index < -0.39 is 0 Å². The first-order valence-electron chi connectivity index (χ1n) is 10.9. The predicted octanol–water partition coefficient (Wildman–Crippen LogP) is 3.16. The molecule has 0 saturated carbocycles. The number of nitrogens with zero attached hydrogens (tertiary/aromatic N) is 4. The Morgan fingerprint density at radius 1 is 1.09 bits per heavy atom. The number of phenols is 1. The van der Waals surface area contributed by atoms with Gasteiger partial charge in [-0.15, -0.1) is 0 Å². The Morgan fingerprint density at radius 2 is 1.81 bits per heavy atom. The average molecular weight is 435 g/mol. The predicted molar refractivity (Wildman–Crippen MR) is 123 cm³/mol. The Kier molecular flexibility index (Phi) is 5.18. The number of aromatic hydroxyl groups is 1. The highest BCUT2D eigenvalue weighted by Gasteiger charge is 2.20. The van der Waals surface area contributed by atoms with Crippen molar-refractivity contribution in [3.05, 3.63) is 52.6 Å². The van der Waals surface area contributed by atoms with E-state index in [1.165, 1.54) is 4.57 Å². The minimum absolute atomic E-state index is 0.0184. The van der Waals surface area contributed by atoms with Crippen LogP contribution in [0.1, 0.15) is 31.9 Å². The van der Waals surface area contributed by atoms with E-state index in [1.54, 1.807) is 6.07 Å². The van der Waals surface area contributed by atoms with Gasteiger partial charge in [0.05, 0.1) is 30.0 Å². The van der Waals surface area contributed by atoms with Gasteiger partial charge in [-0.25, -0.2) is 14.5 Å². The first-order chi connectivity index (χ1) is 15.6. The van der Waals surface area contributed by atoms with Gasteiger partial charge in [0.2, 0.25) is 0 Å². The number of hydrogen-bond donors (Lipinski definition) is 3. The smallest absolute Gasteiger partial charge is 0.348 e. The summed E-state index contributed by atoms with van der Waals surface area (Å²) in [5, 5.41) is 25.8. The van der Waals surface area contributed by atoms with E-state index in [9.17, 15) is 9.90 Å². The highest BCUT2D eigenvalue weighted by molar-refractivity contribution is 5.89. The summed E-state index contributed by atoms with van der Waals surface area (Å²) in [6, 6.07) is 11.2. The van der Waals surface area contributed by atoms with Crippen LogP contribution in [0.2, 0.25) is 0 Å². The second kappa shape index (κ2) is 8.16. The van der Waals surface area contributed by atoms with Gasteiger partial charge in [-0.3, -0.25) is 5.10 Å². The molecular weight excluding hydrogens is 408 g/mol. The first-order valence-corrected chi connectivity index (χ1v) is 10.9. The number of aromatic amines is 2. The summed E-state index contributed by atoms with van der Waals surface area (Å²) in [5.74, 6) is 0.654. The molecule has 0 bridgehead atoms. The molecule has 4 aromatic rings. The largest absolute Gasteiger partial charge is 0.507 e. The molecule has 32 heavy (non-hydrogen) atoms. The van der Waals surface area contributed by atoms with Crippen molar-refractivity contribution in [2.75, 3.05) is 31.2 Å². The van der Waals surface area contributed by atoms with Gasteiger partial charge in [-0.1, -0.05) is 13.8 Å². The van der Waals surface area contributed by atoms with Crippen molar-refractivity contribution < 1.29 is 9.84 Å². The summed E-state index contributed by atoms with van der Waals surface area (Å²) in [5.41, 5.74) is 3.54. The van der Waals surface area contributed by atoms with Gasteiger partial charge in [-0.2, -0.15) is 10.2 Å². The standard InChI is InChI=1S/C23H26N6O3/c1-3-14(2)21-17-12-18(20(30)13-19(17)24-25-21)22-26-27-23(31)29(22)16-6-4-15(5-7-16)28-8-10-32-11-9-28/h4-7,12-14,30H,3,8-11H2,1-2H3,(H,24,25)(H,27,31). The van der Waals surface area contributed by atoms with Crippen molar-refractivity contribution in [3.63, 3.8) is 0 Å². The van der Waals surface area contributed by atoms with Crippen LogP contribution in [-0.2, 0) is 4.74 Å². The zero-order valence-corrected chi connectivity index (χ0v) is 18.1. The number of aromatic nitrogens is 5. The number of ether oxygens (including phenoxy) is 1. The molecule has 1 aliphatic heterocycles. The fraction of sp³-hybridized carbons (Fsp3) is 0.348. The molecular formula is C23H26N6O3. The topological polar surface area (TPSA) is 112 Å². The van der Waals surface area contributed by atoms with Crippen molar-refractivity contribution in [1.29, 1.82) is 0 Å². The van der Waals surface area contributed by atoms with Gasteiger partial charge < -0.3 is 14.7 Å². The number of morpholine rings is 1. The molecule has 9 heteroatoms. The fourth-order valence-corrected chi connectivity index (χ4v) is 4.18. The van der Waals surface area contributed by atoms with Crippen molar-refractivity contribution in [2.45, 2.75) is 26.2 Å². The molecule has 2 aromatic heterocycles. The number of H-pyrrole nitrogens is 2. The van der Waals surface area contributed by atoms with Crippen LogP contribution in [0, 0.1) is 0 Å². The second-order valence-corrected chi connectivity index (χ2v) is 8.14. The highest BCUT2D eigenvalue weighted by atomic mass is 16.5. The molecule has 1 unspecified atom stereocenters. The summed E-state index contributed by atoms with van der Waals surface area (Å²) < 4.78 is 6.90. The second-order valence-electron chi connectivity index (χ2n) is 8.14. The maximum absolute atomic E-state index is 12.7. The van der Waals surface area contributed by atoms with Crippen LogP contribution in [0.25, 0.3) is 28.0 Å². The van der Waals surface area contributed by atoms with Gasteiger partial charge in [0.25, 0.3) is 0 Å². The molecule has 9 nitrogen and oxygen atoms in total. The number of nitrogens with one attached hydrogen (secondary N) is 2. The quantitative estimate of drug-likeness (QED) is 0.445. The molecule has 1 fully saturated rings. The Balaban J connectivity index is 1.57. The molecule has 5 rings (SSSR count). The summed E-state index contributed by atoms with van der Waals surface area (Å²) in [6.07, 6.45) is 0.954. The van der Waals surface area contributed by atoms with Gasteiger partial charge >= 0.3 is 5.69 Å². The molecule has 1 aliphatic rings. The van der Waals surface area contributed by atoms with Crippen molar-refractivity contribution in [2.24, 2.45) is 0 Å². The fourth-order valence-electron chi connectivity index (χ4n) is 4.18. The normalized spacial score (nSPS) is 15.4. The number of benzene rings is 2. The zero-order chi connectivity index (χ0) is 22.2. The minimum atomic E-state index is -0.368. The molecule has 1 atom stereocenters. The average Bonchev–Trinajstić information content (AvgIpc) is 3.41. The molecule has 3 N–H and O–H groups in total. The number of phenolic OH excluding ortho intramolecular Hbond substituents is 1. The van der Waals surface area contributed by atoms with Crippen molar-refractivity contribution in [3.8, 4) is 22.8 Å². The lowest BCUT2D eigenvalue weighted by Crippen LogP contribution is -2.36. The van der Waals surface area contributed by atoms with E-state index in [0.717, 1.165) is 36.3 Å². The van der Waals surface area contributed by atoms with Crippen LogP contribution < -0.4 is 10.6 Å². The monoisotopic (exact) mass is 434 g/mol. The maximum atomic E-state index is 12.7. The summed E-state index contributed by atoms with van der Waals surface area (Å²) in [4.78, 5) is 14.9. The SMILES string of the molecule is CCC(C)c1[nH]nc2cc(O)c(-c3n[nH]c(=O)n3-c3ccc(N4CCOCC4)cc3)cc12. The summed E-state index contributed by atoms with van der Waals surface area (Å²) in [6.45, 7) is 7.34. The Bertz CT molecular complexity index is 1300. The van der Waals surface area contributed by atoms with Crippen molar-refractivity contribution in [1.82, 2.24) is 25.0 Å². The molecule has 3 heterocycles. The first kappa shape index (κ1) is 20.3. The molecule has 0 aliphatic carbocycles. The van der Waals surface area contributed by atoms with Crippen LogP contribution in [-0.4, -0.2) is 56.4 Å². The molecule has 2 aromatic carbocycles. The van der Waals surface area contributed by atoms with Crippen molar-refractivity contribution >= 4 is 16.6 Å². The molecule has 0 radical (unpaired) electrons. The highest BCUT2D eigenvalue weighted by Crippen LogP contribution is 2.35. The Hall–Kier alpha value is -3.59. The van der Waals surface area contributed by atoms with Gasteiger partial charge in [0.1, 0.15) is 5.75 Å². The van der Waals surface area contributed by atoms with E-state index in [-0.39, 0.29) is 17.4 Å². The maximum Gasteiger partial charge on any atom is 0.348 e. The van der Waals surface area contributed by atoms with Crippen LogP contribution in [0.3, 0.4) is 0 Å². The lowest BCUT2D eigenvalue weighted by molar-refractivity contribution is 0.122. The lowest BCUT2D eigenvalue weighted by atomic mass is 9.99. The van der Waals surface area contributed by atoms with E-state index >= 15 is 0 Å². The minimum Gasteiger partial charge on any atom is -0.507 e. The van der Waals surface area contributed by atoms with E-state index in [2.05, 4.69) is 39.1 Å². The number of anilines is 1. The van der Waals surface area contributed by atoms with Crippen LogP contribution in [0.4, 0.5) is 5.69 Å². The molecule has 0 amide bonds. The Labute approximate surface area is 184 Å². The number of rotatable bonds is 5. The zero-order valence-electron chi connectivity index (χ0n) is 18.1. The summed E-state index contributed by atoms with van der Waals surface area (Å²) in [7, 11) is 0. The van der Waals surface area contributed by atoms with Gasteiger partial charge in [-0.05, 0) is 42.7 Å². The lowest BCUT2D eigenvalue weighted by Gasteiger charge is -2.28. The molecule has 0 spiro atoms. The molecule has 1 saturated heterocycles. The number of fused-ring (bicyclic) bond motifs is 1.